The van der Waals surface area contributed by atoms with Gasteiger partial charge in [0.2, 0.25) is 5.69 Å². The van der Waals surface area contributed by atoms with Crippen LogP contribution in [0.15, 0.2) is 247 Å². The summed E-state index contributed by atoms with van der Waals surface area (Å²) in [5, 5.41) is 23.1. The van der Waals surface area contributed by atoms with Crippen LogP contribution in [-0.2, 0) is 0 Å². The SMILES string of the molecule is [C-]#[N+]c1c(-c2ccccc2)c(C#N)c(-n2c3ccccc3c3ccc4c5cccc(-c6ccccc6-c6ccccc6)c5sc4c32)c(-c2ccccc2)c1-n1c2c(ccc3c4ccccc4oc32)c2ccc3c4ccccc4sc3c21. The van der Waals surface area contributed by atoms with Crippen molar-refractivity contribution in [2.24, 2.45) is 0 Å². The van der Waals surface area contributed by atoms with Crippen molar-refractivity contribution >= 4 is 134 Å². The van der Waals surface area contributed by atoms with Gasteiger partial charge in [-0.1, -0.05) is 218 Å². The zero-order valence-corrected chi connectivity index (χ0v) is 44.7. The van der Waals surface area contributed by atoms with Gasteiger partial charge in [0.15, 0.2) is 5.58 Å². The van der Waals surface area contributed by atoms with Gasteiger partial charge < -0.3 is 13.6 Å². The number of benzene rings is 12. The number of aromatic nitrogens is 2. The molecule has 0 radical (unpaired) electrons. The maximum absolute atomic E-state index is 12.3. The highest BCUT2D eigenvalue weighted by Crippen LogP contribution is 2.56. The lowest BCUT2D eigenvalue weighted by Crippen LogP contribution is -2.09. The average molecular weight is 1070 g/mol. The van der Waals surface area contributed by atoms with Crippen molar-refractivity contribution in [3.63, 3.8) is 0 Å². The van der Waals surface area contributed by atoms with Crippen molar-refractivity contribution in [1.82, 2.24) is 9.13 Å². The molecule has 81 heavy (non-hydrogen) atoms. The molecule has 7 heteroatoms. The molecule has 0 aliphatic heterocycles. The molecule has 17 rings (SSSR count). The van der Waals surface area contributed by atoms with Crippen LogP contribution in [0.5, 0.6) is 0 Å². The van der Waals surface area contributed by atoms with E-state index in [1.165, 1.54) is 31.3 Å². The molecule has 0 aliphatic rings. The first-order valence-corrected chi connectivity index (χ1v) is 28.6. The minimum atomic E-state index is 0.375. The van der Waals surface area contributed by atoms with E-state index in [1.807, 2.05) is 59.9 Å². The van der Waals surface area contributed by atoms with Gasteiger partial charge in [-0.3, -0.25) is 0 Å². The molecule has 5 aromatic heterocycles. The number of hydrogen-bond donors (Lipinski definition) is 0. The van der Waals surface area contributed by atoms with E-state index in [2.05, 4.69) is 209 Å². The number of hydrogen-bond acceptors (Lipinski definition) is 4. The van der Waals surface area contributed by atoms with Gasteiger partial charge in [-0.2, -0.15) is 5.26 Å². The van der Waals surface area contributed by atoms with Gasteiger partial charge in [0.05, 0.1) is 55.0 Å². The van der Waals surface area contributed by atoms with Gasteiger partial charge in [0.25, 0.3) is 0 Å². The first kappa shape index (κ1) is 45.5. The summed E-state index contributed by atoms with van der Waals surface area (Å²) in [4.78, 5) is 4.69. The molecule has 0 unspecified atom stereocenters. The van der Waals surface area contributed by atoms with Crippen LogP contribution >= 0.6 is 22.7 Å². The summed E-state index contributed by atoms with van der Waals surface area (Å²) < 4.78 is 16.4. The van der Waals surface area contributed by atoms with Crippen molar-refractivity contribution in [2.45, 2.75) is 0 Å². The average Bonchev–Trinajstić information content (AvgIpc) is 2.92. The van der Waals surface area contributed by atoms with Gasteiger partial charge in [0, 0.05) is 80.0 Å². The fourth-order valence-corrected chi connectivity index (χ4v) is 15.8. The minimum absolute atomic E-state index is 0.375. The van der Waals surface area contributed by atoms with Crippen LogP contribution in [0.3, 0.4) is 0 Å². The number of thiophene rings is 2. The second-order valence-corrected chi connectivity index (χ2v) is 22.8. The molecule has 0 saturated heterocycles. The third-order valence-corrected chi connectivity index (χ3v) is 19.1. The Morgan fingerprint density at radius 1 is 0.383 bits per heavy atom. The number of nitrogens with zero attached hydrogens (tertiary/aromatic N) is 4. The molecule has 12 aromatic carbocycles. The molecular weight excluding hydrogens is 1020 g/mol. The van der Waals surface area contributed by atoms with E-state index >= 15 is 0 Å². The maximum Gasteiger partial charge on any atom is 0.220 e. The van der Waals surface area contributed by atoms with Crippen LogP contribution in [0.2, 0.25) is 0 Å². The first-order chi connectivity index (χ1) is 40.2. The predicted octanol–water partition coefficient (Wildman–Crippen LogP) is 21.6. The summed E-state index contributed by atoms with van der Waals surface area (Å²) in [6.07, 6.45) is 0. The number of rotatable bonds is 6. The Kier molecular flexibility index (Phi) is 9.82. The summed E-state index contributed by atoms with van der Waals surface area (Å²) in [5.74, 6) is 0. The highest BCUT2D eigenvalue weighted by atomic mass is 32.1. The molecule has 0 saturated carbocycles. The van der Waals surface area contributed by atoms with E-state index in [1.54, 1.807) is 11.3 Å². The highest BCUT2D eigenvalue weighted by molar-refractivity contribution is 7.27. The zero-order chi connectivity index (χ0) is 53.4. The Hall–Kier alpha value is -10.5. The van der Waals surface area contributed by atoms with Crippen molar-refractivity contribution in [3.8, 4) is 62.0 Å². The number of para-hydroxylation sites is 2. The lowest BCUT2D eigenvalue weighted by molar-refractivity contribution is 0.671. The summed E-state index contributed by atoms with van der Waals surface area (Å²) >= 11 is 3.58. The van der Waals surface area contributed by atoms with Crippen molar-refractivity contribution in [3.05, 3.63) is 260 Å². The summed E-state index contributed by atoms with van der Waals surface area (Å²) in [6.45, 7) is 9.64. The monoisotopic (exact) mass is 1060 g/mol. The zero-order valence-electron chi connectivity index (χ0n) is 43.1. The number of nitriles is 1. The molecule has 5 heterocycles. The normalized spacial score (nSPS) is 11.9. The second-order valence-electron chi connectivity index (χ2n) is 20.7. The molecule has 0 aliphatic carbocycles. The highest BCUT2D eigenvalue weighted by Gasteiger charge is 2.34. The summed E-state index contributed by atoms with van der Waals surface area (Å²) in [5.41, 5.74) is 15.1. The minimum Gasteiger partial charge on any atom is -0.454 e. The van der Waals surface area contributed by atoms with Crippen LogP contribution in [0, 0.1) is 17.9 Å². The smallest absolute Gasteiger partial charge is 0.220 e. The standard InChI is InChI=1S/C74H40N4OS2/c1-76-65-63(44-22-7-3-8-23-44)59(42-75)66(77-60-33-16-13-28-48(60)51-37-41-58-56-32-19-31-55(72(56)81-74(58)68(51)77)47-27-12-11-26-46(47)43-20-5-2-6-21-43)64(45-24-9-4-10-25-45)70(65)78-67-52(36-39-54-49-29-14-17-34-61(49)79-71(54)67)53-38-40-57-50-30-15-18-35-62(50)80-73(57)69(53)78/h2-41H. The first-order valence-electron chi connectivity index (χ1n) is 27.0. The third kappa shape index (κ3) is 6.39. The van der Waals surface area contributed by atoms with Crippen LogP contribution in [0.4, 0.5) is 5.69 Å². The Morgan fingerprint density at radius 3 is 1.64 bits per heavy atom. The van der Waals surface area contributed by atoms with E-state index in [9.17, 15) is 11.8 Å². The Morgan fingerprint density at radius 2 is 0.901 bits per heavy atom. The van der Waals surface area contributed by atoms with Crippen LogP contribution in [0.1, 0.15) is 5.56 Å². The Bertz CT molecular complexity index is 5480. The van der Waals surface area contributed by atoms with Gasteiger partial charge >= 0.3 is 0 Å². The summed E-state index contributed by atoms with van der Waals surface area (Å²) in [6, 6.07) is 88.4. The van der Waals surface area contributed by atoms with E-state index in [0.717, 1.165) is 114 Å². The molecule has 0 amide bonds. The Balaban J connectivity index is 1.11. The van der Waals surface area contributed by atoms with E-state index in [-0.39, 0.29) is 0 Å². The fraction of sp³-hybridized carbons (Fsp3) is 0. The van der Waals surface area contributed by atoms with E-state index in [4.69, 9.17) is 9.26 Å². The van der Waals surface area contributed by atoms with Crippen LogP contribution in [-0.4, -0.2) is 9.13 Å². The predicted molar refractivity (Wildman–Crippen MR) is 341 cm³/mol. The lowest BCUT2D eigenvalue weighted by atomic mass is 9.88. The lowest BCUT2D eigenvalue weighted by Gasteiger charge is -2.26. The number of furan rings is 1. The molecule has 17 aromatic rings. The van der Waals surface area contributed by atoms with Crippen molar-refractivity contribution < 1.29 is 4.42 Å². The third-order valence-electron chi connectivity index (χ3n) is 16.6. The molecule has 0 N–H and O–H groups in total. The molecule has 5 nitrogen and oxygen atoms in total. The molecule has 0 bridgehead atoms. The molecular formula is C74H40N4OS2. The van der Waals surface area contributed by atoms with Gasteiger partial charge in [-0.15, -0.1) is 22.7 Å². The maximum atomic E-state index is 12.3. The molecule has 0 spiro atoms. The second kappa shape index (κ2) is 17.5. The topological polar surface area (TPSA) is 51.1 Å². The van der Waals surface area contributed by atoms with E-state index in [0.29, 0.717) is 28.2 Å². The van der Waals surface area contributed by atoms with Gasteiger partial charge in [-0.25, -0.2) is 4.85 Å². The van der Waals surface area contributed by atoms with E-state index < -0.39 is 0 Å². The van der Waals surface area contributed by atoms with Crippen LogP contribution in [0.25, 0.3) is 167 Å². The quantitative estimate of drug-likeness (QED) is 0.156. The van der Waals surface area contributed by atoms with Crippen molar-refractivity contribution in [1.29, 1.82) is 5.26 Å². The largest absolute Gasteiger partial charge is 0.454 e. The number of fused-ring (bicyclic) bond motifs is 18. The van der Waals surface area contributed by atoms with Gasteiger partial charge in [-0.05, 0) is 52.1 Å². The van der Waals surface area contributed by atoms with Gasteiger partial charge in [0.1, 0.15) is 11.7 Å². The van der Waals surface area contributed by atoms with Crippen molar-refractivity contribution in [2.75, 3.05) is 0 Å². The molecule has 0 fully saturated rings. The fourth-order valence-electron chi connectivity index (χ4n) is 13.2. The van der Waals surface area contributed by atoms with Crippen LogP contribution < -0.4 is 0 Å². The molecule has 0 atom stereocenters. The molecule has 374 valence electrons. The Labute approximate surface area is 471 Å². The summed E-state index contributed by atoms with van der Waals surface area (Å²) in [7, 11) is 0.